The summed E-state index contributed by atoms with van der Waals surface area (Å²) in [7, 11) is 0. The van der Waals surface area contributed by atoms with Crippen LogP contribution in [-0.4, -0.2) is 29.4 Å². The molecule has 1 aliphatic rings. The van der Waals surface area contributed by atoms with E-state index >= 15 is 0 Å². The number of aliphatic hydroxyl groups is 1. The van der Waals surface area contributed by atoms with E-state index in [0.29, 0.717) is 42.2 Å². The molecule has 0 spiro atoms. The Morgan fingerprint density at radius 2 is 2.06 bits per heavy atom. The summed E-state index contributed by atoms with van der Waals surface area (Å²) >= 11 is 0. The molecule has 0 radical (unpaired) electrons. The summed E-state index contributed by atoms with van der Waals surface area (Å²) in [4.78, 5) is 15.3. The molecule has 1 aromatic heterocycles. The Balaban J connectivity index is 1.62. The summed E-state index contributed by atoms with van der Waals surface area (Å²) < 4.78 is 19.5. The van der Waals surface area contributed by atoms with Crippen LogP contribution < -0.4 is 4.89 Å². The molecule has 2 unspecified atom stereocenters. The minimum atomic E-state index is -1.44. The van der Waals surface area contributed by atoms with Crippen molar-refractivity contribution >= 4 is 0 Å². The van der Waals surface area contributed by atoms with E-state index in [1.165, 1.54) is 12.1 Å². The summed E-state index contributed by atoms with van der Waals surface area (Å²) in [5.74, 6) is 0.278. The normalized spacial score (nSPS) is 17.3. The van der Waals surface area contributed by atoms with Gasteiger partial charge < -0.3 is 14.7 Å². The van der Waals surface area contributed by atoms with Crippen LogP contribution in [-0.2, 0) is 28.1 Å². The zero-order valence-electron chi connectivity index (χ0n) is 18.2. The smallest absolute Gasteiger partial charge is 0.168 e. The van der Waals surface area contributed by atoms with Crippen LogP contribution in [0.5, 0.6) is 5.75 Å². The molecule has 3 aromatic rings. The van der Waals surface area contributed by atoms with E-state index in [1.807, 2.05) is 12.1 Å². The van der Waals surface area contributed by atoms with Gasteiger partial charge in [-0.3, -0.25) is 4.98 Å². The van der Waals surface area contributed by atoms with Crippen LogP contribution in [0.2, 0.25) is 0 Å². The first kappa shape index (κ1) is 22.4. The molecule has 2 atom stereocenters. The van der Waals surface area contributed by atoms with E-state index in [4.69, 9.17) is 14.5 Å². The Hall–Kier alpha value is -2.80. The predicted octanol–water partition coefficient (Wildman–Crippen LogP) is 4.75. The van der Waals surface area contributed by atoms with Crippen molar-refractivity contribution in [1.82, 2.24) is 4.98 Å². The summed E-state index contributed by atoms with van der Waals surface area (Å²) in [5, 5.41) is 11.9. The molecule has 0 saturated carbocycles. The first-order valence-corrected chi connectivity index (χ1v) is 11.0. The minimum absolute atomic E-state index is 0.182. The second-order valence-corrected chi connectivity index (χ2v) is 8.14. The van der Waals surface area contributed by atoms with Gasteiger partial charge >= 0.3 is 0 Å². The summed E-state index contributed by atoms with van der Waals surface area (Å²) in [6.07, 6.45) is 4.29. The van der Waals surface area contributed by atoms with Gasteiger partial charge in [-0.2, -0.15) is 4.89 Å². The highest BCUT2D eigenvalue weighted by atomic mass is 19.1. The largest absolute Gasteiger partial charge is 0.379 e. The highest BCUT2D eigenvalue weighted by molar-refractivity contribution is 5.44. The topological polar surface area (TPSA) is 60.8 Å². The van der Waals surface area contributed by atoms with Crippen LogP contribution in [0.15, 0.2) is 66.9 Å². The van der Waals surface area contributed by atoms with Crippen molar-refractivity contribution in [3.63, 3.8) is 0 Å². The van der Waals surface area contributed by atoms with Crippen molar-refractivity contribution in [2.45, 2.75) is 44.3 Å². The number of unbranched alkanes of at least 4 members (excludes halogenated alkanes) is 1. The molecular weight excluding hydrogens is 409 g/mol. The zero-order chi connectivity index (χ0) is 22.4. The highest BCUT2D eigenvalue weighted by Gasteiger charge is 2.35. The summed E-state index contributed by atoms with van der Waals surface area (Å²) in [6, 6.07) is 17.2. The van der Waals surface area contributed by atoms with Crippen molar-refractivity contribution in [2.24, 2.45) is 0 Å². The van der Waals surface area contributed by atoms with Gasteiger partial charge in [0.25, 0.3) is 0 Å². The Bertz CT molecular complexity index is 1030. The van der Waals surface area contributed by atoms with Crippen molar-refractivity contribution in [3.8, 4) is 5.75 Å². The number of halogens is 1. The standard InChI is InChI=1S/C26H28FNO4/c1-2-3-13-30-18-23-16-20-15-21(10-11-24(20)32-31-23)26(29,25-9-4-5-12-28-25)17-19-7-6-8-22(27)14-19/h4-12,14-15,23,29H,2-3,13,16-18H2,1H3. The molecule has 6 heteroatoms. The third kappa shape index (κ3) is 5.15. The third-order valence-corrected chi connectivity index (χ3v) is 5.64. The Morgan fingerprint density at radius 3 is 2.84 bits per heavy atom. The number of ether oxygens (including phenoxy) is 1. The number of fused-ring (bicyclic) bond motifs is 1. The van der Waals surface area contributed by atoms with Crippen LogP contribution in [0.1, 0.15) is 42.1 Å². The maximum Gasteiger partial charge on any atom is 0.168 e. The fourth-order valence-electron chi connectivity index (χ4n) is 3.91. The van der Waals surface area contributed by atoms with Crippen LogP contribution >= 0.6 is 0 Å². The molecule has 0 saturated heterocycles. The molecule has 5 nitrogen and oxygen atoms in total. The van der Waals surface area contributed by atoms with Gasteiger partial charge in [-0.1, -0.05) is 37.6 Å². The molecule has 0 aliphatic carbocycles. The fourth-order valence-corrected chi connectivity index (χ4v) is 3.91. The van der Waals surface area contributed by atoms with Gasteiger partial charge in [0.05, 0.1) is 12.3 Å². The zero-order valence-corrected chi connectivity index (χ0v) is 18.2. The molecule has 1 N–H and O–H groups in total. The van der Waals surface area contributed by atoms with E-state index in [0.717, 1.165) is 18.4 Å². The third-order valence-electron chi connectivity index (χ3n) is 5.64. The van der Waals surface area contributed by atoms with Gasteiger partial charge in [-0.05, 0) is 53.9 Å². The number of nitrogens with zero attached hydrogens (tertiary/aromatic N) is 1. The second-order valence-electron chi connectivity index (χ2n) is 8.14. The van der Waals surface area contributed by atoms with E-state index in [-0.39, 0.29) is 18.3 Å². The second kappa shape index (κ2) is 10.2. The van der Waals surface area contributed by atoms with E-state index in [1.54, 1.807) is 42.6 Å². The maximum atomic E-state index is 13.8. The average Bonchev–Trinajstić information content (AvgIpc) is 2.82. The summed E-state index contributed by atoms with van der Waals surface area (Å²) in [5.41, 5.74) is 1.33. The van der Waals surface area contributed by atoms with Gasteiger partial charge in [0.2, 0.25) is 0 Å². The average molecular weight is 438 g/mol. The Kier molecular flexibility index (Phi) is 7.15. The van der Waals surface area contributed by atoms with Gasteiger partial charge in [-0.15, -0.1) is 0 Å². The lowest BCUT2D eigenvalue weighted by atomic mass is 9.83. The van der Waals surface area contributed by atoms with Crippen molar-refractivity contribution < 1.29 is 24.0 Å². The lowest BCUT2D eigenvalue weighted by Crippen LogP contribution is -2.33. The summed E-state index contributed by atoms with van der Waals surface area (Å²) in [6.45, 7) is 3.25. The van der Waals surface area contributed by atoms with Gasteiger partial charge in [0.1, 0.15) is 17.5 Å². The number of hydrogen-bond donors (Lipinski definition) is 1. The number of rotatable bonds is 9. The van der Waals surface area contributed by atoms with Gasteiger partial charge in [0, 0.05) is 31.2 Å². The number of hydrogen-bond acceptors (Lipinski definition) is 5. The predicted molar refractivity (Wildman–Crippen MR) is 119 cm³/mol. The quantitative estimate of drug-likeness (QED) is 0.387. The fraction of sp³-hybridized carbons (Fsp3) is 0.346. The molecule has 2 heterocycles. The maximum absolute atomic E-state index is 13.8. The monoisotopic (exact) mass is 437 g/mol. The van der Waals surface area contributed by atoms with Crippen LogP contribution in [0.4, 0.5) is 4.39 Å². The van der Waals surface area contributed by atoms with Crippen molar-refractivity contribution in [1.29, 1.82) is 0 Å². The molecule has 4 rings (SSSR count). The number of pyridine rings is 1. The van der Waals surface area contributed by atoms with Gasteiger partial charge in [-0.25, -0.2) is 4.39 Å². The molecule has 0 fully saturated rings. The first-order valence-electron chi connectivity index (χ1n) is 11.0. The molecule has 168 valence electrons. The van der Waals surface area contributed by atoms with E-state index in [9.17, 15) is 9.50 Å². The lowest BCUT2D eigenvalue weighted by Gasteiger charge is -2.31. The van der Waals surface area contributed by atoms with Crippen LogP contribution in [0.25, 0.3) is 0 Å². The van der Waals surface area contributed by atoms with Gasteiger partial charge in [0.15, 0.2) is 5.75 Å². The lowest BCUT2D eigenvalue weighted by molar-refractivity contribution is -0.264. The Labute approximate surface area is 187 Å². The number of aromatic nitrogens is 1. The number of benzene rings is 2. The van der Waals surface area contributed by atoms with Crippen LogP contribution in [0.3, 0.4) is 0 Å². The van der Waals surface area contributed by atoms with E-state index in [2.05, 4.69) is 11.9 Å². The van der Waals surface area contributed by atoms with Crippen molar-refractivity contribution in [3.05, 3.63) is 95.1 Å². The Morgan fingerprint density at radius 1 is 1.16 bits per heavy atom. The first-order chi connectivity index (χ1) is 15.6. The van der Waals surface area contributed by atoms with Crippen molar-refractivity contribution in [2.75, 3.05) is 13.2 Å². The van der Waals surface area contributed by atoms with E-state index < -0.39 is 5.60 Å². The molecule has 1 aliphatic heterocycles. The molecule has 0 bridgehead atoms. The molecule has 32 heavy (non-hydrogen) atoms. The highest BCUT2D eigenvalue weighted by Crippen LogP contribution is 2.36. The molecular formula is C26H28FNO4. The molecule has 0 amide bonds. The minimum Gasteiger partial charge on any atom is -0.379 e. The SMILES string of the molecule is CCCCOCC1Cc2cc(C(O)(Cc3cccc(F)c3)c3ccccn3)ccc2OO1. The molecule has 2 aromatic carbocycles. The van der Waals surface area contributed by atoms with Crippen LogP contribution in [0, 0.1) is 5.82 Å².